The summed E-state index contributed by atoms with van der Waals surface area (Å²) in [4.78, 5) is 27.5. The molecule has 0 unspecified atom stereocenters. The predicted octanol–water partition coefficient (Wildman–Crippen LogP) is 3.12. The highest BCUT2D eigenvalue weighted by Crippen LogP contribution is 2.29. The zero-order valence-corrected chi connectivity index (χ0v) is 14.4. The molecule has 4 N–H and O–H groups in total. The van der Waals surface area contributed by atoms with Gasteiger partial charge in [0.25, 0.3) is 0 Å². The van der Waals surface area contributed by atoms with E-state index in [0.29, 0.717) is 23.7 Å². The van der Waals surface area contributed by atoms with Crippen molar-refractivity contribution in [3.05, 3.63) is 48.7 Å². The average molecular weight is 374 g/mol. The Morgan fingerprint density at radius 1 is 1.23 bits per heavy atom. The Bertz CT molecular complexity index is 956. The molecule has 0 saturated heterocycles. The summed E-state index contributed by atoms with van der Waals surface area (Å²) < 4.78 is 7.06. The summed E-state index contributed by atoms with van der Waals surface area (Å²) in [5, 5.41) is 5.95. The van der Waals surface area contributed by atoms with Crippen LogP contribution in [0.4, 0.5) is 15.4 Å². The van der Waals surface area contributed by atoms with E-state index < -0.39 is 12.1 Å². The Hall–Kier alpha value is -3.26. The smallest absolute Gasteiger partial charge is 0.326 e. The molecule has 9 heteroatoms. The molecule has 134 valence electrons. The Morgan fingerprint density at radius 3 is 2.81 bits per heavy atom. The lowest BCUT2D eigenvalue weighted by atomic mass is 10.2. The van der Waals surface area contributed by atoms with Crippen molar-refractivity contribution in [2.45, 2.75) is 0 Å². The number of anilines is 1. The number of amides is 3. The molecule has 1 aromatic carbocycles. The topological polar surface area (TPSA) is 111 Å². The monoisotopic (exact) mass is 373 g/mol. The molecular formula is C17H16ClN5O3. The van der Waals surface area contributed by atoms with Crippen LogP contribution in [0.25, 0.3) is 10.9 Å². The second-order valence-corrected chi connectivity index (χ2v) is 5.64. The van der Waals surface area contributed by atoms with E-state index in [9.17, 15) is 9.59 Å². The number of halogens is 1. The lowest BCUT2D eigenvalue weighted by Crippen LogP contribution is -2.30. The molecule has 8 nitrogen and oxygen atoms in total. The highest BCUT2D eigenvalue weighted by atomic mass is 35.5. The molecule has 3 amide bonds. The van der Waals surface area contributed by atoms with E-state index in [1.165, 1.54) is 16.8 Å². The summed E-state index contributed by atoms with van der Waals surface area (Å²) in [6.07, 6.45) is 1.48. The largest absolute Gasteiger partial charge is 0.440 e. The number of urea groups is 1. The van der Waals surface area contributed by atoms with Crippen LogP contribution in [0.15, 0.2) is 48.7 Å². The maximum absolute atomic E-state index is 11.8. The van der Waals surface area contributed by atoms with Crippen LogP contribution in [0.3, 0.4) is 0 Å². The number of nitrogens with zero attached hydrogens (tertiary/aromatic N) is 2. The number of pyridine rings is 1. The van der Waals surface area contributed by atoms with Gasteiger partial charge in [-0.25, -0.2) is 19.1 Å². The summed E-state index contributed by atoms with van der Waals surface area (Å²) >= 11 is 5.52. The predicted molar refractivity (Wildman–Crippen MR) is 99.0 cm³/mol. The third kappa shape index (κ3) is 3.86. The second kappa shape index (κ2) is 7.75. The third-order valence-corrected chi connectivity index (χ3v) is 3.66. The number of carbonyl (C=O) groups is 2. The number of alkyl halides is 1. The number of primary amides is 1. The summed E-state index contributed by atoms with van der Waals surface area (Å²) in [5.74, 6) is 1.25. The first kappa shape index (κ1) is 17.6. The molecule has 0 aliphatic heterocycles. The Morgan fingerprint density at radius 2 is 2.04 bits per heavy atom. The Kier molecular flexibility index (Phi) is 5.23. The molecule has 0 atom stereocenters. The highest BCUT2D eigenvalue weighted by Gasteiger charge is 2.14. The van der Waals surface area contributed by atoms with Crippen LogP contribution in [-0.2, 0) is 0 Å². The number of fused-ring (bicyclic) bond motifs is 1. The van der Waals surface area contributed by atoms with E-state index in [-0.39, 0.29) is 11.7 Å². The average Bonchev–Trinajstić information content (AvgIpc) is 2.98. The highest BCUT2D eigenvalue weighted by molar-refractivity contribution is 6.18. The minimum absolute atomic E-state index is 0.266. The molecule has 0 saturated carbocycles. The van der Waals surface area contributed by atoms with Gasteiger partial charge in [0.2, 0.25) is 5.88 Å². The lowest BCUT2D eigenvalue weighted by Gasteiger charge is -2.10. The molecule has 0 spiro atoms. The van der Waals surface area contributed by atoms with Crippen molar-refractivity contribution in [3.63, 3.8) is 0 Å². The summed E-state index contributed by atoms with van der Waals surface area (Å²) in [6, 6.07) is 11.0. The van der Waals surface area contributed by atoms with E-state index in [2.05, 4.69) is 15.6 Å². The number of nitrogens with two attached hydrogens (primary N) is 1. The molecule has 2 aromatic heterocycles. The molecule has 2 heterocycles. The number of benzene rings is 1. The Labute approximate surface area is 153 Å². The first-order valence-electron chi connectivity index (χ1n) is 7.73. The van der Waals surface area contributed by atoms with Gasteiger partial charge in [-0.2, -0.15) is 0 Å². The number of aromatic nitrogens is 2. The van der Waals surface area contributed by atoms with Crippen molar-refractivity contribution < 1.29 is 14.3 Å². The molecular weight excluding hydrogens is 358 g/mol. The lowest BCUT2D eigenvalue weighted by molar-refractivity contribution is 0.248. The molecule has 26 heavy (non-hydrogen) atoms. The van der Waals surface area contributed by atoms with Gasteiger partial charge in [0.05, 0.1) is 5.52 Å². The SMILES string of the molecule is NC(=O)n1c(Oc2ccnc(NC(=O)NCCCl)c2)cc2ccccc21. The maximum Gasteiger partial charge on any atom is 0.326 e. The van der Waals surface area contributed by atoms with Crippen LogP contribution in [0.5, 0.6) is 11.6 Å². The second-order valence-electron chi connectivity index (χ2n) is 5.26. The fourth-order valence-corrected chi connectivity index (χ4v) is 2.51. The van der Waals surface area contributed by atoms with Crippen LogP contribution in [0, 0.1) is 0 Å². The van der Waals surface area contributed by atoms with Crippen molar-refractivity contribution in [2.75, 3.05) is 17.7 Å². The fourth-order valence-electron chi connectivity index (χ4n) is 2.42. The molecule has 3 aromatic rings. The normalized spacial score (nSPS) is 10.5. The first-order chi connectivity index (χ1) is 12.6. The van der Waals surface area contributed by atoms with Crippen molar-refractivity contribution in [2.24, 2.45) is 5.73 Å². The van der Waals surface area contributed by atoms with Gasteiger partial charge in [-0.3, -0.25) is 5.32 Å². The van der Waals surface area contributed by atoms with Gasteiger partial charge in [0.1, 0.15) is 11.6 Å². The van der Waals surface area contributed by atoms with E-state index in [1.54, 1.807) is 24.3 Å². The van der Waals surface area contributed by atoms with Crippen molar-refractivity contribution in [3.8, 4) is 11.6 Å². The number of nitrogens with one attached hydrogen (secondary N) is 2. The minimum Gasteiger partial charge on any atom is -0.440 e. The van der Waals surface area contributed by atoms with Gasteiger partial charge in [-0.1, -0.05) is 18.2 Å². The molecule has 0 radical (unpaired) electrons. The number of hydrogen-bond donors (Lipinski definition) is 3. The zero-order chi connectivity index (χ0) is 18.5. The summed E-state index contributed by atoms with van der Waals surface area (Å²) in [5.41, 5.74) is 6.12. The van der Waals surface area contributed by atoms with Gasteiger partial charge in [0.15, 0.2) is 0 Å². The number of ether oxygens (including phenoxy) is 1. The van der Waals surface area contributed by atoms with Crippen molar-refractivity contribution in [1.82, 2.24) is 14.9 Å². The molecule has 0 aliphatic rings. The molecule has 0 aliphatic carbocycles. The minimum atomic E-state index is -0.658. The van der Waals surface area contributed by atoms with Gasteiger partial charge < -0.3 is 15.8 Å². The number of hydrogen-bond acceptors (Lipinski definition) is 4. The van der Waals surface area contributed by atoms with Crippen LogP contribution < -0.4 is 21.1 Å². The van der Waals surface area contributed by atoms with Gasteiger partial charge in [-0.05, 0) is 12.1 Å². The summed E-state index contributed by atoms with van der Waals surface area (Å²) in [6.45, 7) is 0.336. The van der Waals surface area contributed by atoms with E-state index in [4.69, 9.17) is 22.1 Å². The third-order valence-electron chi connectivity index (χ3n) is 3.47. The standard InChI is InChI=1S/C17H16ClN5O3/c18-6-8-21-17(25)22-14-10-12(5-7-20-14)26-15-9-11-3-1-2-4-13(11)23(15)16(19)24/h1-5,7,9-10H,6,8H2,(H2,19,24)(H2,20,21,22,25). The van der Waals surface area contributed by atoms with Gasteiger partial charge in [-0.15, -0.1) is 11.6 Å². The first-order valence-corrected chi connectivity index (χ1v) is 8.27. The van der Waals surface area contributed by atoms with Crippen LogP contribution in [0.2, 0.25) is 0 Å². The summed E-state index contributed by atoms with van der Waals surface area (Å²) in [7, 11) is 0. The molecule has 0 fully saturated rings. The van der Waals surface area contributed by atoms with Crippen LogP contribution in [-0.4, -0.2) is 34.0 Å². The van der Waals surface area contributed by atoms with Crippen LogP contribution >= 0.6 is 11.6 Å². The maximum atomic E-state index is 11.8. The molecule has 0 bridgehead atoms. The van der Waals surface area contributed by atoms with Crippen LogP contribution in [0.1, 0.15) is 0 Å². The van der Waals surface area contributed by atoms with Crippen molar-refractivity contribution >= 4 is 40.4 Å². The quantitative estimate of drug-likeness (QED) is 0.596. The van der Waals surface area contributed by atoms with Gasteiger partial charge in [0, 0.05) is 36.1 Å². The number of para-hydroxylation sites is 1. The van der Waals surface area contributed by atoms with Crippen molar-refractivity contribution in [1.29, 1.82) is 0 Å². The fraction of sp³-hybridized carbons (Fsp3) is 0.118. The number of carbonyl (C=O) groups excluding carboxylic acids is 2. The van der Waals surface area contributed by atoms with E-state index >= 15 is 0 Å². The zero-order valence-electron chi connectivity index (χ0n) is 13.6. The van der Waals surface area contributed by atoms with Gasteiger partial charge >= 0.3 is 12.1 Å². The molecule has 3 rings (SSSR count). The Balaban J connectivity index is 1.84. The number of rotatable bonds is 5. The van der Waals surface area contributed by atoms with E-state index in [0.717, 1.165) is 5.39 Å². The van der Waals surface area contributed by atoms with E-state index in [1.807, 2.05) is 12.1 Å².